The summed E-state index contributed by atoms with van der Waals surface area (Å²) in [5, 5.41) is 5.82. The average molecular weight is 382 g/mol. The highest BCUT2D eigenvalue weighted by atomic mass is 16.5. The van der Waals surface area contributed by atoms with Crippen LogP contribution in [-0.2, 0) is 22.7 Å². The summed E-state index contributed by atoms with van der Waals surface area (Å²) in [6.45, 7) is 2.89. The Morgan fingerprint density at radius 2 is 1.39 bits per heavy atom. The van der Waals surface area contributed by atoms with Gasteiger partial charge >= 0.3 is 0 Å². The predicted octanol–water partition coefficient (Wildman–Crippen LogP) is 2.58. The molecule has 1 fully saturated rings. The monoisotopic (exact) mass is 382 g/mol. The van der Waals surface area contributed by atoms with Gasteiger partial charge in [-0.15, -0.1) is 0 Å². The Balaban J connectivity index is 1.45. The van der Waals surface area contributed by atoms with Crippen molar-refractivity contribution in [1.82, 2.24) is 10.6 Å². The largest absolute Gasteiger partial charge is 0.493 e. The van der Waals surface area contributed by atoms with E-state index in [1.54, 1.807) is 20.3 Å². The second-order valence-corrected chi connectivity index (χ2v) is 7.06. The molecule has 0 saturated heterocycles. The van der Waals surface area contributed by atoms with Gasteiger partial charge in [0.2, 0.25) is 11.8 Å². The maximum Gasteiger partial charge on any atom is 0.224 e. The Hall–Kier alpha value is -3.02. The van der Waals surface area contributed by atoms with Gasteiger partial charge in [-0.25, -0.2) is 0 Å². The molecule has 28 heavy (non-hydrogen) atoms. The van der Waals surface area contributed by atoms with Crippen LogP contribution >= 0.6 is 0 Å². The molecule has 2 amide bonds. The number of hydrogen-bond acceptors (Lipinski definition) is 4. The summed E-state index contributed by atoms with van der Waals surface area (Å²) in [6.07, 6.45) is 0.595. The SMILES string of the molecule is COc1ccc(CNC(=O)C2CC2C(=O)NCc2ccc(C)cc2)cc1OC. The second kappa shape index (κ2) is 8.78. The summed E-state index contributed by atoms with van der Waals surface area (Å²) in [5.74, 6) is 0.616. The first-order valence-corrected chi connectivity index (χ1v) is 9.33. The molecule has 0 bridgehead atoms. The van der Waals surface area contributed by atoms with Crippen LogP contribution in [-0.4, -0.2) is 26.0 Å². The molecule has 0 aromatic heterocycles. The van der Waals surface area contributed by atoms with Gasteiger partial charge in [0.15, 0.2) is 11.5 Å². The van der Waals surface area contributed by atoms with Gasteiger partial charge in [-0.3, -0.25) is 9.59 Å². The van der Waals surface area contributed by atoms with Crippen LogP contribution in [0.4, 0.5) is 0 Å². The van der Waals surface area contributed by atoms with Crippen molar-refractivity contribution in [3.05, 3.63) is 59.2 Å². The lowest BCUT2D eigenvalue weighted by atomic mass is 10.1. The van der Waals surface area contributed by atoms with Gasteiger partial charge in [0.25, 0.3) is 0 Å². The molecule has 1 aliphatic rings. The summed E-state index contributed by atoms with van der Waals surface area (Å²) in [6, 6.07) is 13.5. The Morgan fingerprint density at radius 3 is 1.96 bits per heavy atom. The third-order valence-corrected chi connectivity index (χ3v) is 4.97. The first-order valence-electron chi connectivity index (χ1n) is 9.33. The number of carbonyl (C=O) groups is 2. The van der Waals surface area contributed by atoms with Crippen LogP contribution in [0.3, 0.4) is 0 Å². The highest BCUT2D eigenvalue weighted by Gasteiger charge is 2.47. The van der Waals surface area contributed by atoms with Crippen molar-refractivity contribution in [2.75, 3.05) is 14.2 Å². The van der Waals surface area contributed by atoms with Crippen molar-refractivity contribution in [1.29, 1.82) is 0 Å². The molecule has 1 saturated carbocycles. The summed E-state index contributed by atoms with van der Waals surface area (Å²) in [4.78, 5) is 24.6. The number of ether oxygens (including phenoxy) is 2. The Bertz CT molecular complexity index is 848. The molecular formula is C22H26N2O4. The number of nitrogens with one attached hydrogen (secondary N) is 2. The highest BCUT2D eigenvalue weighted by Crippen LogP contribution is 2.39. The summed E-state index contributed by atoms with van der Waals surface area (Å²) in [7, 11) is 3.15. The summed E-state index contributed by atoms with van der Waals surface area (Å²) < 4.78 is 10.5. The molecule has 148 valence electrons. The number of amides is 2. The van der Waals surface area contributed by atoms with Crippen molar-refractivity contribution in [3.63, 3.8) is 0 Å². The zero-order valence-corrected chi connectivity index (χ0v) is 16.5. The molecule has 2 aromatic rings. The molecule has 2 atom stereocenters. The molecular weight excluding hydrogens is 356 g/mol. The Labute approximate surface area is 165 Å². The minimum Gasteiger partial charge on any atom is -0.493 e. The average Bonchev–Trinajstić information content (AvgIpc) is 3.52. The molecule has 2 N–H and O–H groups in total. The molecule has 6 nitrogen and oxygen atoms in total. The molecule has 6 heteroatoms. The van der Waals surface area contributed by atoms with Crippen LogP contribution in [0.15, 0.2) is 42.5 Å². The fraction of sp³-hybridized carbons (Fsp3) is 0.364. The lowest BCUT2D eigenvalue weighted by Crippen LogP contribution is -2.29. The fourth-order valence-electron chi connectivity index (χ4n) is 3.11. The minimum atomic E-state index is -0.252. The Kier molecular flexibility index (Phi) is 6.19. The second-order valence-electron chi connectivity index (χ2n) is 7.06. The first kappa shape index (κ1) is 19.7. The van der Waals surface area contributed by atoms with E-state index in [2.05, 4.69) is 10.6 Å². The van der Waals surface area contributed by atoms with E-state index in [1.165, 1.54) is 5.56 Å². The van der Waals surface area contributed by atoms with E-state index >= 15 is 0 Å². The van der Waals surface area contributed by atoms with E-state index in [9.17, 15) is 9.59 Å². The zero-order chi connectivity index (χ0) is 20.1. The molecule has 0 radical (unpaired) electrons. The van der Waals surface area contributed by atoms with Crippen molar-refractivity contribution >= 4 is 11.8 Å². The lowest BCUT2D eigenvalue weighted by molar-refractivity contribution is -0.127. The molecule has 1 aliphatic carbocycles. The minimum absolute atomic E-state index is 0.0631. The van der Waals surface area contributed by atoms with E-state index in [-0.39, 0.29) is 23.7 Å². The van der Waals surface area contributed by atoms with Gasteiger partial charge in [0.1, 0.15) is 0 Å². The lowest BCUT2D eigenvalue weighted by Gasteiger charge is -2.10. The molecule has 0 aliphatic heterocycles. The number of aryl methyl sites for hydroxylation is 1. The van der Waals surface area contributed by atoms with Crippen molar-refractivity contribution in [2.45, 2.75) is 26.4 Å². The normalized spacial score (nSPS) is 17.5. The van der Waals surface area contributed by atoms with Crippen LogP contribution < -0.4 is 20.1 Å². The van der Waals surface area contributed by atoms with Crippen LogP contribution in [0.2, 0.25) is 0 Å². The standard InChI is InChI=1S/C22H26N2O4/c1-14-4-6-15(7-5-14)12-23-21(25)17-11-18(17)22(26)24-13-16-8-9-19(27-2)20(10-16)28-3/h4-10,17-18H,11-13H2,1-3H3,(H,23,25)(H,24,26). The van der Waals surface area contributed by atoms with E-state index in [4.69, 9.17) is 9.47 Å². The van der Waals surface area contributed by atoms with E-state index in [0.29, 0.717) is 31.0 Å². The fourth-order valence-corrected chi connectivity index (χ4v) is 3.11. The van der Waals surface area contributed by atoms with Gasteiger partial charge in [-0.2, -0.15) is 0 Å². The smallest absolute Gasteiger partial charge is 0.224 e. The maximum absolute atomic E-state index is 12.3. The van der Waals surface area contributed by atoms with Gasteiger partial charge in [-0.05, 0) is 36.6 Å². The number of hydrogen-bond donors (Lipinski definition) is 2. The van der Waals surface area contributed by atoms with Crippen LogP contribution in [0.5, 0.6) is 11.5 Å². The third-order valence-electron chi connectivity index (χ3n) is 4.97. The molecule has 0 spiro atoms. The highest BCUT2D eigenvalue weighted by molar-refractivity contribution is 5.92. The molecule has 2 unspecified atom stereocenters. The number of benzene rings is 2. The van der Waals surface area contributed by atoms with Crippen molar-refractivity contribution < 1.29 is 19.1 Å². The number of rotatable bonds is 8. The van der Waals surface area contributed by atoms with Gasteiger partial charge in [-0.1, -0.05) is 35.9 Å². The van der Waals surface area contributed by atoms with E-state index < -0.39 is 0 Å². The Morgan fingerprint density at radius 1 is 0.857 bits per heavy atom. The van der Waals surface area contributed by atoms with Gasteiger partial charge in [0, 0.05) is 13.1 Å². The van der Waals surface area contributed by atoms with Crippen LogP contribution in [0.1, 0.15) is 23.1 Å². The van der Waals surface area contributed by atoms with Crippen molar-refractivity contribution in [2.24, 2.45) is 11.8 Å². The zero-order valence-electron chi connectivity index (χ0n) is 16.5. The topological polar surface area (TPSA) is 76.7 Å². The summed E-state index contributed by atoms with van der Waals surface area (Å²) >= 11 is 0. The molecule has 2 aromatic carbocycles. The summed E-state index contributed by atoms with van der Waals surface area (Å²) in [5.41, 5.74) is 3.14. The maximum atomic E-state index is 12.3. The van der Waals surface area contributed by atoms with E-state index in [1.807, 2.05) is 43.3 Å². The van der Waals surface area contributed by atoms with Crippen LogP contribution in [0, 0.1) is 18.8 Å². The van der Waals surface area contributed by atoms with Gasteiger partial charge < -0.3 is 20.1 Å². The van der Waals surface area contributed by atoms with Gasteiger partial charge in [0.05, 0.1) is 26.1 Å². The molecule has 3 rings (SSSR count). The first-order chi connectivity index (χ1) is 13.5. The number of methoxy groups -OCH3 is 2. The molecule has 0 heterocycles. The van der Waals surface area contributed by atoms with Crippen molar-refractivity contribution in [3.8, 4) is 11.5 Å². The predicted molar refractivity (Wildman–Crippen MR) is 106 cm³/mol. The number of carbonyl (C=O) groups excluding carboxylic acids is 2. The van der Waals surface area contributed by atoms with E-state index in [0.717, 1.165) is 11.1 Å². The van der Waals surface area contributed by atoms with Crippen LogP contribution in [0.25, 0.3) is 0 Å². The third kappa shape index (κ3) is 4.82. The quantitative estimate of drug-likeness (QED) is 0.736.